The van der Waals surface area contributed by atoms with Crippen LogP contribution in [0, 0.1) is 13.8 Å². The average Bonchev–Trinajstić information content (AvgIpc) is 3.39. The van der Waals surface area contributed by atoms with Gasteiger partial charge in [0.1, 0.15) is 26.4 Å². The van der Waals surface area contributed by atoms with Crippen LogP contribution in [0.4, 0.5) is 5.82 Å². The summed E-state index contributed by atoms with van der Waals surface area (Å²) in [5.74, 6) is 1.37. The molecule has 1 aliphatic rings. The fourth-order valence-electron chi connectivity index (χ4n) is 4.39. The van der Waals surface area contributed by atoms with E-state index in [-0.39, 0.29) is 12.0 Å². The van der Waals surface area contributed by atoms with E-state index in [0.29, 0.717) is 11.5 Å². The van der Waals surface area contributed by atoms with E-state index in [1.54, 1.807) is 11.3 Å². The van der Waals surface area contributed by atoms with Crippen LogP contribution < -0.4 is 4.90 Å². The Morgan fingerprint density at radius 3 is 2.58 bits per heavy atom. The number of ether oxygens (including phenoxy) is 1. The average molecular weight is 482 g/mol. The van der Waals surface area contributed by atoms with Crippen LogP contribution in [0.2, 0.25) is 0 Å². The fourth-order valence-corrected chi connectivity index (χ4v) is 6.56. The highest BCUT2D eigenvalue weighted by Crippen LogP contribution is 2.37. The normalized spacial score (nSPS) is 15.9. The maximum absolute atomic E-state index is 12.4. The molecule has 172 valence electrons. The first kappa shape index (κ1) is 22.2. The number of benzene rings is 1. The number of carbonyl (C=O) groups is 1. The van der Waals surface area contributed by atoms with Gasteiger partial charge in [0.15, 0.2) is 0 Å². The van der Waals surface area contributed by atoms with Crippen molar-refractivity contribution in [3.8, 4) is 0 Å². The van der Waals surface area contributed by atoms with Crippen LogP contribution in [-0.2, 0) is 4.74 Å². The number of aryl methyl sites for hydroxylation is 2. The maximum atomic E-state index is 12.4. The number of piperazine rings is 1. The second-order valence-corrected chi connectivity index (χ2v) is 10.3. The van der Waals surface area contributed by atoms with Crippen LogP contribution in [0.3, 0.4) is 0 Å². The van der Waals surface area contributed by atoms with E-state index in [0.717, 1.165) is 64.1 Å². The lowest BCUT2D eigenvalue weighted by Crippen LogP contribution is -2.47. The van der Waals surface area contributed by atoms with Crippen molar-refractivity contribution in [2.45, 2.75) is 33.7 Å². The second kappa shape index (κ2) is 8.96. The van der Waals surface area contributed by atoms with Gasteiger partial charge in [0.25, 0.3) is 0 Å². The van der Waals surface area contributed by atoms with E-state index in [2.05, 4.69) is 39.9 Å². The molecule has 1 saturated heterocycles. The highest BCUT2D eigenvalue weighted by Gasteiger charge is 2.28. The van der Waals surface area contributed by atoms with Crippen LogP contribution in [0.5, 0.6) is 0 Å². The largest absolute Gasteiger partial charge is 0.462 e. The molecule has 0 N–H and O–H groups in total. The molecule has 0 radical (unpaired) electrons. The number of fused-ring (bicyclic) bond motifs is 2. The molecule has 1 aromatic carbocycles. The lowest BCUT2D eigenvalue weighted by Gasteiger charge is -2.38. The molecular formula is C24H27N5O2S2. The van der Waals surface area contributed by atoms with E-state index in [1.807, 2.05) is 26.8 Å². The molecule has 4 heterocycles. The van der Waals surface area contributed by atoms with Gasteiger partial charge in [0.05, 0.1) is 28.3 Å². The SMILES string of the molecule is CCOC(=O)c1sc2nc(C)nc(N3CCN(C(C)c4nc5ccccc5s4)CC3)c2c1C. The third-order valence-electron chi connectivity index (χ3n) is 6.17. The molecular weight excluding hydrogens is 454 g/mol. The quantitative estimate of drug-likeness (QED) is 0.372. The molecule has 7 nitrogen and oxygen atoms in total. The summed E-state index contributed by atoms with van der Waals surface area (Å²) in [6.45, 7) is 11.9. The van der Waals surface area contributed by atoms with Crippen molar-refractivity contribution in [2.75, 3.05) is 37.7 Å². The molecule has 1 aliphatic heterocycles. The van der Waals surface area contributed by atoms with Gasteiger partial charge in [-0.15, -0.1) is 22.7 Å². The summed E-state index contributed by atoms with van der Waals surface area (Å²) < 4.78 is 6.49. The molecule has 33 heavy (non-hydrogen) atoms. The predicted octanol–water partition coefficient (Wildman–Crippen LogP) is 4.98. The number of hydrogen-bond acceptors (Lipinski definition) is 9. The van der Waals surface area contributed by atoms with Crippen LogP contribution in [0.25, 0.3) is 20.4 Å². The van der Waals surface area contributed by atoms with Crippen LogP contribution in [0.15, 0.2) is 24.3 Å². The number of rotatable bonds is 5. The van der Waals surface area contributed by atoms with Crippen molar-refractivity contribution in [3.05, 3.63) is 45.5 Å². The van der Waals surface area contributed by atoms with Crippen LogP contribution >= 0.6 is 22.7 Å². The summed E-state index contributed by atoms with van der Waals surface area (Å²) in [5, 5.41) is 2.14. The zero-order chi connectivity index (χ0) is 23.1. The van der Waals surface area contributed by atoms with Crippen molar-refractivity contribution in [1.82, 2.24) is 19.9 Å². The Bertz CT molecular complexity index is 1290. The first-order valence-corrected chi connectivity index (χ1v) is 12.9. The van der Waals surface area contributed by atoms with Gasteiger partial charge in [-0.05, 0) is 45.4 Å². The van der Waals surface area contributed by atoms with Crippen LogP contribution in [-0.4, -0.2) is 58.6 Å². The highest BCUT2D eigenvalue weighted by atomic mass is 32.1. The molecule has 0 bridgehead atoms. The van der Waals surface area contributed by atoms with Gasteiger partial charge in [-0.3, -0.25) is 4.90 Å². The van der Waals surface area contributed by atoms with Crippen molar-refractivity contribution >= 4 is 54.9 Å². The van der Waals surface area contributed by atoms with E-state index in [9.17, 15) is 4.79 Å². The molecule has 5 rings (SSSR count). The van der Waals surface area contributed by atoms with E-state index in [4.69, 9.17) is 14.7 Å². The Morgan fingerprint density at radius 2 is 1.85 bits per heavy atom. The monoisotopic (exact) mass is 481 g/mol. The molecule has 3 aromatic heterocycles. The molecule has 0 amide bonds. The van der Waals surface area contributed by atoms with Gasteiger partial charge < -0.3 is 9.64 Å². The van der Waals surface area contributed by atoms with E-state index < -0.39 is 0 Å². The third kappa shape index (κ3) is 4.09. The Morgan fingerprint density at radius 1 is 1.09 bits per heavy atom. The minimum absolute atomic E-state index is 0.273. The minimum Gasteiger partial charge on any atom is -0.462 e. The molecule has 0 aliphatic carbocycles. The summed E-state index contributed by atoms with van der Waals surface area (Å²) in [6, 6.07) is 8.60. The standard InChI is InChI=1S/C24H27N5O2S2/c1-5-31-24(30)20-14(2)19-21(25-16(4)26-23(19)33-20)29-12-10-28(11-13-29)15(3)22-27-17-8-6-7-9-18(17)32-22/h6-9,15H,5,10-13H2,1-4H3. The van der Waals surface area contributed by atoms with E-state index in [1.165, 1.54) is 16.0 Å². The van der Waals surface area contributed by atoms with E-state index >= 15 is 0 Å². The molecule has 4 aromatic rings. The summed E-state index contributed by atoms with van der Waals surface area (Å²) >= 11 is 3.18. The number of nitrogens with zero attached hydrogens (tertiary/aromatic N) is 5. The lowest BCUT2D eigenvalue weighted by molar-refractivity contribution is 0.0531. The number of hydrogen-bond donors (Lipinski definition) is 0. The Hall–Kier alpha value is -2.62. The summed E-state index contributed by atoms with van der Waals surface area (Å²) in [4.78, 5) is 33.0. The Kier molecular flexibility index (Phi) is 6.03. The lowest BCUT2D eigenvalue weighted by atomic mass is 10.1. The number of aromatic nitrogens is 3. The second-order valence-electron chi connectivity index (χ2n) is 8.27. The van der Waals surface area contributed by atoms with Crippen molar-refractivity contribution in [3.63, 3.8) is 0 Å². The number of thiophene rings is 1. The van der Waals surface area contributed by atoms with Crippen LogP contribution in [0.1, 0.15) is 46.0 Å². The third-order valence-corrected chi connectivity index (χ3v) is 8.55. The Balaban J connectivity index is 1.38. The molecule has 0 spiro atoms. The number of para-hydroxylation sites is 1. The van der Waals surface area contributed by atoms with Crippen molar-refractivity contribution in [2.24, 2.45) is 0 Å². The summed E-state index contributed by atoms with van der Waals surface area (Å²) in [5.41, 5.74) is 1.99. The highest BCUT2D eigenvalue weighted by molar-refractivity contribution is 7.20. The van der Waals surface area contributed by atoms with Crippen molar-refractivity contribution < 1.29 is 9.53 Å². The zero-order valence-electron chi connectivity index (χ0n) is 19.3. The summed E-state index contributed by atoms with van der Waals surface area (Å²) in [7, 11) is 0. The van der Waals surface area contributed by atoms with Gasteiger partial charge in [-0.1, -0.05) is 12.1 Å². The van der Waals surface area contributed by atoms with Gasteiger partial charge in [0, 0.05) is 26.2 Å². The van der Waals surface area contributed by atoms with Crippen molar-refractivity contribution in [1.29, 1.82) is 0 Å². The Labute approximate surface area is 201 Å². The molecule has 1 atom stereocenters. The molecule has 1 unspecified atom stereocenters. The maximum Gasteiger partial charge on any atom is 0.348 e. The van der Waals surface area contributed by atoms with Gasteiger partial charge in [-0.2, -0.15) is 0 Å². The molecule has 9 heteroatoms. The predicted molar refractivity (Wildman–Crippen MR) is 135 cm³/mol. The van der Waals surface area contributed by atoms with Gasteiger partial charge >= 0.3 is 5.97 Å². The van der Waals surface area contributed by atoms with Gasteiger partial charge in [0.2, 0.25) is 0 Å². The number of carbonyl (C=O) groups excluding carboxylic acids is 1. The first-order chi connectivity index (χ1) is 16.0. The molecule has 1 fully saturated rings. The summed E-state index contributed by atoms with van der Waals surface area (Å²) in [6.07, 6.45) is 0. The smallest absolute Gasteiger partial charge is 0.348 e. The topological polar surface area (TPSA) is 71.5 Å². The number of thiazole rings is 1. The zero-order valence-corrected chi connectivity index (χ0v) is 20.9. The fraction of sp³-hybridized carbons (Fsp3) is 0.417. The van der Waals surface area contributed by atoms with Gasteiger partial charge in [-0.25, -0.2) is 19.7 Å². The molecule has 0 saturated carbocycles. The minimum atomic E-state index is -0.281. The first-order valence-electron chi connectivity index (χ1n) is 11.3. The number of anilines is 1. The number of esters is 1.